The highest BCUT2D eigenvalue weighted by molar-refractivity contribution is 6.14. The minimum absolute atomic E-state index is 0.0363. The van der Waals surface area contributed by atoms with Crippen LogP contribution in [0.1, 0.15) is 33.0 Å². The standard InChI is InChI=1S/C25H21N3O8/c1-15-5-3-6-16(11-15)14-35-22-17(7-4-8-20(22)28(32)33)12-19-23(29)27(25(31)26-19)13-18-9-10-21(36-18)24(30)34-2/h3-12H,13-14H2,1-2H3,(H,26,31)/b19-12-. The van der Waals surface area contributed by atoms with Gasteiger partial charge in [0, 0.05) is 11.6 Å². The molecular weight excluding hydrogens is 470 g/mol. The zero-order valence-electron chi connectivity index (χ0n) is 19.3. The van der Waals surface area contributed by atoms with E-state index in [4.69, 9.17) is 9.15 Å². The number of carbonyl (C=O) groups is 3. The summed E-state index contributed by atoms with van der Waals surface area (Å²) in [6.07, 6.45) is 1.32. The van der Waals surface area contributed by atoms with Crippen molar-refractivity contribution >= 4 is 29.7 Å². The maximum atomic E-state index is 12.9. The highest BCUT2D eigenvalue weighted by atomic mass is 16.6. The minimum atomic E-state index is -0.713. The van der Waals surface area contributed by atoms with Gasteiger partial charge in [0.15, 0.2) is 0 Å². The first-order chi connectivity index (χ1) is 17.3. The number of benzene rings is 2. The quantitative estimate of drug-likeness (QED) is 0.164. The smallest absolute Gasteiger partial charge is 0.373 e. The molecule has 1 fully saturated rings. The lowest BCUT2D eigenvalue weighted by molar-refractivity contribution is -0.386. The van der Waals surface area contributed by atoms with Crippen LogP contribution in [0, 0.1) is 17.0 Å². The lowest BCUT2D eigenvalue weighted by atomic mass is 10.1. The summed E-state index contributed by atoms with van der Waals surface area (Å²) in [5.74, 6) is -1.28. The summed E-state index contributed by atoms with van der Waals surface area (Å²) in [7, 11) is 1.20. The molecule has 2 aromatic carbocycles. The Morgan fingerprint density at radius 2 is 1.94 bits per heavy atom. The molecule has 0 aliphatic carbocycles. The second-order valence-electron chi connectivity index (χ2n) is 7.87. The number of urea groups is 1. The summed E-state index contributed by atoms with van der Waals surface area (Å²) in [4.78, 5) is 48.9. The van der Waals surface area contributed by atoms with Gasteiger partial charge in [-0.1, -0.05) is 42.0 Å². The number of nitrogens with zero attached hydrogens (tertiary/aromatic N) is 2. The lowest BCUT2D eigenvalue weighted by Gasteiger charge is -2.11. The molecule has 0 bridgehead atoms. The molecule has 2 heterocycles. The molecule has 1 aromatic heterocycles. The maximum absolute atomic E-state index is 12.9. The van der Waals surface area contributed by atoms with Crippen molar-refractivity contribution in [1.29, 1.82) is 0 Å². The lowest BCUT2D eigenvalue weighted by Crippen LogP contribution is -2.30. The molecule has 1 N–H and O–H groups in total. The Morgan fingerprint density at radius 1 is 1.17 bits per heavy atom. The fraction of sp³-hybridized carbons (Fsp3) is 0.160. The molecule has 0 radical (unpaired) electrons. The van der Waals surface area contributed by atoms with E-state index < -0.39 is 22.8 Å². The maximum Gasteiger partial charge on any atom is 0.373 e. The molecule has 1 saturated heterocycles. The van der Waals surface area contributed by atoms with Crippen molar-refractivity contribution in [3.8, 4) is 5.75 Å². The van der Waals surface area contributed by atoms with Gasteiger partial charge in [-0.15, -0.1) is 0 Å². The highest BCUT2D eigenvalue weighted by Crippen LogP contribution is 2.33. The van der Waals surface area contributed by atoms with Gasteiger partial charge in [-0.2, -0.15) is 0 Å². The Morgan fingerprint density at radius 3 is 2.67 bits per heavy atom. The first-order valence-corrected chi connectivity index (χ1v) is 10.7. The van der Waals surface area contributed by atoms with Gasteiger partial charge >= 0.3 is 17.7 Å². The zero-order valence-corrected chi connectivity index (χ0v) is 19.3. The topological polar surface area (TPSA) is 141 Å². The number of amides is 3. The van der Waals surface area contributed by atoms with Crippen LogP contribution < -0.4 is 10.1 Å². The Bertz CT molecular complexity index is 1390. The zero-order chi connectivity index (χ0) is 25.8. The summed E-state index contributed by atoms with van der Waals surface area (Å²) in [5.41, 5.74) is 1.69. The van der Waals surface area contributed by atoms with E-state index in [1.54, 1.807) is 6.07 Å². The summed E-state index contributed by atoms with van der Waals surface area (Å²) < 4.78 is 15.7. The molecule has 36 heavy (non-hydrogen) atoms. The molecule has 0 atom stereocenters. The highest BCUT2D eigenvalue weighted by Gasteiger charge is 2.35. The summed E-state index contributed by atoms with van der Waals surface area (Å²) >= 11 is 0. The van der Waals surface area contributed by atoms with Crippen LogP contribution in [0.3, 0.4) is 0 Å². The third-order valence-electron chi connectivity index (χ3n) is 5.31. The van der Waals surface area contributed by atoms with Gasteiger partial charge in [0.25, 0.3) is 5.91 Å². The number of nitrogens with one attached hydrogen (secondary N) is 1. The molecule has 0 saturated carbocycles. The molecule has 1 aliphatic rings. The Labute approximate surface area is 205 Å². The van der Waals surface area contributed by atoms with Crippen LogP contribution in [0.15, 0.2) is 64.7 Å². The van der Waals surface area contributed by atoms with Crippen LogP contribution in [0.25, 0.3) is 6.08 Å². The Kier molecular flexibility index (Phi) is 6.81. The van der Waals surface area contributed by atoms with Crippen LogP contribution in [-0.4, -0.2) is 34.8 Å². The monoisotopic (exact) mass is 491 g/mol. The molecule has 11 heteroatoms. The summed E-state index contributed by atoms with van der Waals surface area (Å²) in [6, 6.07) is 13.9. The number of ether oxygens (including phenoxy) is 2. The Hall–Kier alpha value is -4.93. The second kappa shape index (κ2) is 10.1. The van der Waals surface area contributed by atoms with Crippen molar-refractivity contribution in [2.24, 2.45) is 0 Å². The number of esters is 1. The van der Waals surface area contributed by atoms with Crippen LogP contribution in [0.4, 0.5) is 10.5 Å². The van der Waals surface area contributed by atoms with Gasteiger partial charge in [-0.25, -0.2) is 9.59 Å². The third-order valence-corrected chi connectivity index (χ3v) is 5.31. The summed E-state index contributed by atoms with van der Waals surface area (Å²) in [5, 5.41) is 14.1. The largest absolute Gasteiger partial charge is 0.482 e. The minimum Gasteiger partial charge on any atom is -0.482 e. The predicted molar refractivity (Wildman–Crippen MR) is 126 cm³/mol. The third kappa shape index (κ3) is 5.09. The van der Waals surface area contributed by atoms with Crippen molar-refractivity contribution in [2.75, 3.05) is 7.11 Å². The number of methoxy groups -OCH3 is 1. The van der Waals surface area contributed by atoms with Crippen molar-refractivity contribution in [1.82, 2.24) is 10.2 Å². The van der Waals surface area contributed by atoms with Gasteiger partial charge in [-0.3, -0.25) is 19.8 Å². The van der Waals surface area contributed by atoms with E-state index in [2.05, 4.69) is 10.1 Å². The molecule has 11 nitrogen and oxygen atoms in total. The van der Waals surface area contributed by atoms with Gasteiger partial charge in [0.2, 0.25) is 11.5 Å². The van der Waals surface area contributed by atoms with E-state index in [9.17, 15) is 24.5 Å². The molecular formula is C25H21N3O8. The first-order valence-electron chi connectivity index (χ1n) is 10.7. The van der Waals surface area contributed by atoms with Crippen molar-refractivity contribution < 1.29 is 33.2 Å². The number of nitro benzene ring substituents is 1. The Balaban J connectivity index is 1.59. The van der Waals surface area contributed by atoms with E-state index in [-0.39, 0.29) is 47.4 Å². The SMILES string of the molecule is COC(=O)c1ccc(CN2C(=O)N/C(=C\c3cccc([N+](=O)[O-])c3OCc3cccc(C)c3)C2=O)o1. The number of nitro groups is 1. The fourth-order valence-electron chi connectivity index (χ4n) is 3.61. The van der Waals surface area contributed by atoms with Crippen LogP contribution in [0.2, 0.25) is 0 Å². The average Bonchev–Trinajstić information content (AvgIpc) is 3.43. The van der Waals surface area contributed by atoms with Gasteiger partial charge in [-0.05, 0) is 30.7 Å². The number of hydrogen-bond acceptors (Lipinski definition) is 8. The molecule has 3 amide bonds. The van der Waals surface area contributed by atoms with E-state index in [0.29, 0.717) is 0 Å². The van der Waals surface area contributed by atoms with Crippen molar-refractivity contribution in [3.05, 3.63) is 98.6 Å². The second-order valence-corrected chi connectivity index (χ2v) is 7.87. The number of hydrogen-bond donors (Lipinski definition) is 1. The molecule has 0 unspecified atom stereocenters. The molecule has 3 aromatic rings. The van der Waals surface area contributed by atoms with E-state index in [1.165, 1.54) is 37.5 Å². The number of imide groups is 1. The molecule has 0 spiro atoms. The van der Waals surface area contributed by atoms with Crippen molar-refractivity contribution in [3.63, 3.8) is 0 Å². The number of carbonyl (C=O) groups excluding carboxylic acids is 3. The molecule has 184 valence electrons. The van der Waals surface area contributed by atoms with Crippen molar-refractivity contribution in [2.45, 2.75) is 20.1 Å². The van der Waals surface area contributed by atoms with Gasteiger partial charge < -0.3 is 19.2 Å². The number of para-hydroxylation sites is 1. The summed E-state index contributed by atoms with van der Waals surface area (Å²) in [6.45, 7) is 1.75. The van der Waals surface area contributed by atoms with E-state index in [0.717, 1.165) is 16.0 Å². The van der Waals surface area contributed by atoms with E-state index >= 15 is 0 Å². The molecule has 1 aliphatic heterocycles. The molecule has 4 rings (SSSR count). The number of rotatable bonds is 8. The van der Waals surface area contributed by atoms with Crippen LogP contribution >= 0.6 is 0 Å². The fourth-order valence-corrected chi connectivity index (χ4v) is 3.61. The van der Waals surface area contributed by atoms with E-state index in [1.807, 2.05) is 31.2 Å². The van der Waals surface area contributed by atoms with Gasteiger partial charge in [0.1, 0.15) is 18.1 Å². The van der Waals surface area contributed by atoms with Gasteiger partial charge in [0.05, 0.1) is 18.6 Å². The number of furan rings is 1. The predicted octanol–water partition coefficient (Wildman–Crippen LogP) is 3.95. The number of aryl methyl sites for hydroxylation is 1. The van der Waals surface area contributed by atoms with Crippen LogP contribution in [0.5, 0.6) is 5.75 Å². The normalized spacial score (nSPS) is 14.2. The van der Waals surface area contributed by atoms with Crippen LogP contribution in [-0.2, 0) is 22.7 Å². The average molecular weight is 491 g/mol. The first kappa shape index (κ1) is 24.2.